The number of anilines is 1. The van der Waals surface area contributed by atoms with E-state index < -0.39 is 5.91 Å². The summed E-state index contributed by atoms with van der Waals surface area (Å²) in [4.78, 5) is 13.5. The molecule has 0 spiro atoms. The third-order valence-corrected chi connectivity index (χ3v) is 3.45. The Morgan fingerprint density at radius 1 is 1.44 bits per heavy atom. The third-order valence-electron chi connectivity index (χ3n) is 3.45. The molecule has 27 heavy (non-hydrogen) atoms. The van der Waals surface area contributed by atoms with Crippen LogP contribution in [0.5, 0.6) is 5.75 Å². The van der Waals surface area contributed by atoms with Gasteiger partial charge in [-0.05, 0) is 28.0 Å². The first-order chi connectivity index (χ1) is 13.0. The Morgan fingerprint density at radius 3 is 2.93 bits per heavy atom. The van der Waals surface area contributed by atoms with Crippen molar-refractivity contribution < 1.29 is 19.4 Å². The Labute approximate surface area is 153 Å². The van der Waals surface area contributed by atoms with Gasteiger partial charge in [-0.2, -0.15) is 9.78 Å². The number of nitrogens with zero attached hydrogens (tertiary/aromatic N) is 6. The number of quaternary nitrogens is 1. The number of hydrogen-bond acceptors (Lipinski definition) is 9. The molecule has 3 rings (SSSR count). The van der Waals surface area contributed by atoms with E-state index in [9.17, 15) is 9.90 Å². The average Bonchev–Trinajstić information content (AvgIpc) is 3.20. The minimum absolute atomic E-state index is 0.0313. The molecule has 0 saturated carbocycles. The Morgan fingerprint density at radius 2 is 2.26 bits per heavy atom. The zero-order valence-corrected chi connectivity index (χ0v) is 14.6. The molecule has 5 N–H and O–H groups in total. The number of hydrogen-bond donors (Lipinski definition) is 4. The number of hydrazone groups is 1. The van der Waals surface area contributed by atoms with Crippen molar-refractivity contribution in [3.63, 3.8) is 0 Å². The maximum atomic E-state index is 12.5. The first-order valence-electron chi connectivity index (χ1n) is 7.90. The number of carbonyl (C=O) groups excluding carboxylic acids is 1. The predicted molar refractivity (Wildman–Crippen MR) is 93.3 cm³/mol. The number of aromatic nitrogens is 5. The molecule has 3 aromatic rings. The molecule has 1 amide bonds. The van der Waals surface area contributed by atoms with Crippen LogP contribution in [-0.2, 0) is 6.54 Å². The molecule has 0 bridgehead atoms. The van der Waals surface area contributed by atoms with Gasteiger partial charge < -0.3 is 15.7 Å². The highest BCUT2D eigenvalue weighted by atomic mass is 16.6. The van der Waals surface area contributed by atoms with Crippen LogP contribution < -0.4 is 16.1 Å². The van der Waals surface area contributed by atoms with Gasteiger partial charge in [0.05, 0.1) is 20.3 Å². The van der Waals surface area contributed by atoms with Gasteiger partial charge in [-0.25, -0.2) is 10.1 Å². The van der Waals surface area contributed by atoms with Gasteiger partial charge in [0.25, 0.3) is 5.91 Å². The number of rotatable bonds is 6. The Balaban J connectivity index is 1.84. The number of nitrogen functional groups attached to an aromatic ring is 1. The van der Waals surface area contributed by atoms with Gasteiger partial charge in [0.1, 0.15) is 18.0 Å². The first-order valence-corrected chi connectivity index (χ1v) is 7.90. The summed E-state index contributed by atoms with van der Waals surface area (Å²) in [5.74, 6) is -0.267. The highest BCUT2D eigenvalue weighted by Crippen LogP contribution is 2.15. The van der Waals surface area contributed by atoms with Crippen LogP contribution in [0.3, 0.4) is 0 Å². The quantitative estimate of drug-likeness (QED) is 0.295. The number of phenols is 1. The number of benzene rings is 1. The van der Waals surface area contributed by atoms with Crippen LogP contribution in [0, 0.1) is 0 Å². The molecule has 0 unspecified atom stereocenters. The number of nitrogens with one attached hydrogen (secondary N) is 2. The van der Waals surface area contributed by atoms with E-state index in [1.165, 1.54) is 23.0 Å². The van der Waals surface area contributed by atoms with Gasteiger partial charge in [0.15, 0.2) is 5.69 Å². The lowest BCUT2D eigenvalue weighted by molar-refractivity contribution is -0.873. The second-order valence-corrected chi connectivity index (χ2v) is 5.95. The monoisotopic (exact) mass is 372 g/mol. The standard InChI is InChI=1S/C15H17N9O3/c1-23(2)8-11-12(18-22-24(11)14-13(16)20-27-21-14)15(26)19-17-7-9-4-3-5-10(25)6-9/h3-7,25H,8H2,1-2H3,(H2,16,20)(H,19,26)/p+1/b17-7-. The Hall–Kier alpha value is -3.80. The summed E-state index contributed by atoms with van der Waals surface area (Å²) < 4.78 is 5.90. The normalized spacial score (nSPS) is 11.4. The smallest absolute Gasteiger partial charge is 0.294 e. The van der Waals surface area contributed by atoms with E-state index in [0.717, 1.165) is 4.90 Å². The Kier molecular flexibility index (Phi) is 5.08. The van der Waals surface area contributed by atoms with E-state index in [4.69, 9.17) is 5.73 Å². The van der Waals surface area contributed by atoms with E-state index in [1.807, 2.05) is 14.1 Å². The molecule has 2 aromatic heterocycles. The molecule has 12 nitrogen and oxygen atoms in total. The summed E-state index contributed by atoms with van der Waals surface area (Å²) in [6, 6.07) is 6.44. The molecule has 12 heteroatoms. The molecule has 2 heterocycles. The van der Waals surface area contributed by atoms with Crippen LogP contribution in [0.15, 0.2) is 34.0 Å². The topological polar surface area (TPSA) is 162 Å². The lowest BCUT2D eigenvalue weighted by Gasteiger charge is -2.08. The van der Waals surface area contributed by atoms with Crippen molar-refractivity contribution in [2.24, 2.45) is 5.10 Å². The zero-order chi connectivity index (χ0) is 19.4. The SMILES string of the molecule is C[NH+](C)Cc1c(C(=O)N/N=C\c2cccc(O)c2)nnn1-c1nonc1N. The summed E-state index contributed by atoms with van der Waals surface area (Å²) in [6.07, 6.45) is 1.40. The molecule has 0 atom stereocenters. The van der Waals surface area contributed by atoms with Crippen molar-refractivity contribution >= 4 is 17.9 Å². The number of nitrogens with two attached hydrogens (primary N) is 1. The van der Waals surface area contributed by atoms with Crippen molar-refractivity contribution in [3.8, 4) is 11.6 Å². The minimum atomic E-state index is -0.552. The van der Waals surface area contributed by atoms with Crippen LogP contribution in [0.2, 0.25) is 0 Å². The van der Waals surface area contributed by atoms with Gasteiger partial charge in [-0.1, -0.05) is 17.3 Å². The average molecular weight is 372 g/mol. The molecule has 0 aliphatic rings. The molecule has 0 fully saturated rings. The third kappa shape index (κ3) is 4.07. The van der Waals surface area contributed by atoms with Gasteiger partial charge in [-0.15, -0.1) is 5.10 Å². The lowest BCUT2D eigenvalue weighted by Crippen LogP contribution is -3.04. The van der Waals surface area contributed by atoms with Crippen LogP contribution >= 0.6 is 0 Å². The van der Waals surface area contributed by atoms with E-state index in [1.54, 1.807) is 12.1 Å². The number of amides is 1. The van der Waals surface area contributed by atoms with E-state index in [-0.39, 0.29) is 23.1 Å². The highest BCUT2D eigenvalue weighted by Gasteiger charge is 2.25. The van der Waals surface area contributed by atoms with Crippen LogP contribution in [-0.4, -0.2) is 56.6 Å². The van der Waals surface area contributed by atoms with Crippen molar-refractivity contribution in [3.05, 3.63) is 41.2 Å². The van der Waals surface area contributed by atoms with E-state index in [0.29, 0.717) is 17.8 Å². The van der Waals surface area contributed by atoms with Crippen molar-refractivity contribution in [2.45, 2.75) is 6.54 Å². The minimum Gasteiger partial charge on any atom is -0.508 e. The van der Waals surface area contributed by atoms with Gasteiger partial charge >= 0.3 is 0 Å². The van der Waals surface area contributed by atoms with Crippen LogP contribution in [0.1, 0.15) is 21.7 Å². The second-order valence-electron chi connectivity index (χ2n) is 5.95. The molecule has 140 valence electrons. The summed E-state index contributed by atoms with van der Waals surface area (Å²) in [5, 5.41) is 28.4. The van der Waals surface area contributed by atoms with Crippen molar-refractivity contribution in [1.82, 2.24) is 30.7 Å². The molecule has 0 radical (unpaired) electrons. The first kappa shape index (κ1) is 18.0. The van der Waals surface area contributed by atoms with Crippen LogP contribution in [0.25, 0.3) is 5.82 Å². The van der Waals surface area contributed by atoms with Gasteiger partial charge in [0, 0.05) is 0 Å². The maximum absolute atomic E-state index is 12.5. The molecule has 0 saturated heterocycles. The number of phenolic OH excluding ortho intramolecular Hbond substituents is 1. The summed E-state index contributed by atoms with van der Waals surface area (Å²) in [7, 11) is 3.81. The largest absolute Gasteiger partial charge is 0.508 e. The second kappa shape index (κ2) is 7.61. The summed E-state index contributed by atoms with van der Waals surface area (Å²) in [5.41, 5.74) is 9.27. The fraction of sp³-hybridized carbons (Fsp3) is 0.200. The van der Waals surface area contributed by atoms with Crippen LogP contribution in [0.4, 0.5) is 5.82 Å². The number of carbonyl (C=O) groups is 1. The molecule has 0 aliphatic carbocycles. The summed E-state index contributed by atoms with van der Waals surface area (Å²) >= 11 is 0. The lowest BCUT2D eigenvalue weighted by atomic mass is 10.2. The molecular formula is C15H18N9O3+. The molecule has 1 aromatic carbocycles. The summed E-state index contributed by atoms with van der Waals surface area (Å²) in [6.45, 7) is 0.415. The fourth-order valence-electron chi connectivity index (χ4n) is 2.30. The van der Waals surface area contributed by atoms with Gasteiger partial charge in [-0.3, -0.25) is 4.79 Å². The van der Waals surface area contributed by atoms with E-state index >= 15 is 0 Å². The predicted octanol–water partition coefficient (Wildman–Crippen LogP) is -1.65. The highest BCUT2D eigenvalue weighted by molar-refractivity contribution is 5.94. The van der Waals surface area contributed by atoms with Crippen molar-refractivity contribution in [2.75, 3.05) is 19.8 Å². The fourth-order valence-corrected chi connectivity index (χ4v) is 2.30. The maximum Gasteiger partial charge on any atom is 0.294 e. The zero-order valence-electron chi connectivity index (χ0n) is 14.6. The van der Waals surface area contributed by atoms with Gasteiger partial charge in [0.2, 0.25) is 11.6 Å². The Bertz CT molecular complexity index is 977. The molecular weight excluding hydrogens is 354 g/mol. The number of aromatic hydroxyl groups is 1. The van der Waals surface area contributed by atoms with E-state index in [2.05, 4.69) is 35.8 Å². The van der Waals surface area contributed by atoms with Crippen molar-refractivity contribution in [1.29, 1.82) is 0 Å². The molecule has 0 aliphatic heterocycles.